The first-order valence-electron chi connectivity index (χ1n) is 5.67. The summed E-state index contributed by atoms with van der Waals surface area (Å²) in [5.41, 5.74) is 5.95. The van der Waals surface area contributed by atoms with E-state index in [1.807, 2.05) is 32.2 Å². The Morgan fingerprint density at radius 2 is 2.19 bits per heavy atom. The van der Waals surface area contributed by atoms with Crippen molar-refractivity contribution in [2.45, 2.75) is 39.0 Å². The van der Waals surface area contributed by atoms with Gasteiger partial charge in [0.25, 0.3) is 0 Å². The molecule has 92 valence electrons. The van der Waals surface area contributed by atoms with Gasteiger partial charge < -0.3 is 15.2 Å². The van der Waals surface area contributed by atoms with Gasteiger partial charge in [0, 0.05) is 17.5 Å². The highest BCUT2D eigenvalue weighted by atomic mass is 32.1. The minimum atomic E-state index is -0.0320. The molecule has 0 radical (unpaired) electrons. The lowest BCUT2D eigenvalue weighted by Crippen LogP contribution is -2.30. The maximum absolute atomic E-state index is 5.95. The minimum Gasteiger partial charge on any atom is -0.379 e. The van der Waals surface area contributed by atoms with Gasteiger partial charge in [0.15, 0.2) is 0 Å². The van der Waals surface area contributed by atoms with E-state index in [2.05, 4.69) is 6.07 Å². The Labute approximate surface area is 102 Å². The van der Waals surface area contributed by atoms with Gasteiger partial charge in [-0.2, -0.15) is 0 Å². The van der Waals surface area contributed by atoms with Crippen LogP contribution in [-0.4, -0.2) is 25.4 Å². The molecule has 0 amide bonds. The van der Waals surface area contributed by atoms with E-state index in [-0.39, 0.29) is 18.2 Å². The molecule has 0 aliphatic rings. The molecule has 0 aliphatic heterocycles. The van der Waals surface area contributed by atoms with E-state index in [1.54, 1.807) is 11.3 Å². The van der Waals surface area contributed by atoms with Crippen LogP contribution in [0.5, 0.6) is 0 Å². The molecule has 1 rings (SSSR count). The van der Waals surface area contributed by atoms with E-state index in [4.69, 9.17) is 15.2 Å². The van der Waals surface area contributed by atoms with E-state index in [1.165, 1.54) is 4.88 Å². The fourth-order valence-corrected chi connectivity index (χ4v) is 2.35. The number of hydrogen-bond acceptors (Lipinski definition) is 4. The third-order valence-corrected chi connectivity index (χ3v) is 3.17. The summed E-state index contributed by atoms with van der Waals surface area (Å²) in [4.78, 5) is 1.18. The number of ether oxygens (including phenoxy) is 2. The lowest BCUT2D eigenvalue weighted by Gasteiger charge is -2.24. The smallest absolute Gasteiger partial charge is 0.107 e. The van der Waals surface area contributed by atoms with E-state index < -0.39 is 0 Å². The second kappa shape index (κ2) is 7.01. The van der Waals surface area contributed by atoms with Crippen LogP contribution in [0.1, 0.15) is 31.8 Å². The number of hydrogen-bond donors (Lipinski definition) is 1. The van der Waals surface area contributed by atoms with Crippen LogP contribution in [0, 0.1) is 0 Å². The molecule has 1 aromatic rings. The standard InChI is InChI=1S/C12H21NO2S/c1-4-14-8-9(2)15-12(10(3)13)11-6-5-7-16-11/h5-7,9-10,12H,4,8,13H2,1-3H3. The Bertz CT molecular complexity index is 275. The summed E-state index contributed by atoms with van der Waals surface area (Å²) in [6, 6.07) is 4.07. The van der Waals surface area contributed by atoms with Crippen molar-refractivity contribution in [2.75, 3.05) is 13.2 Å². The topological polar surface area (TPSA) is 44.5 Å². The average molecular weight is 243 g/mol. The molecule has 0 fully saturated rings. The third kappa shape index (κ3) is 4.22. The summed E-state index contributed by atoms with van der Waals surface area (Å²) in [6.45, 7) is 7.30. The monoisotopic (exact) mass is 243 g/mol. The van der Waals surface area contributed by atoms with Gasteiger partial charge in [0.2, 0.25) is 0 Å². The van der Waals surface area contributed by atoms with Crippen LogP contribution >= 0.6 is 11.3 Å². The number of thiophene rings is 1. The van der Waals surface area contributed by atoms with Crippen molar-refractivity contribution in [3.05, 3.63) is 22.4 Å². The summed E-state index contributed by atoms with van der Waals surface area (Å²) >= 11 is 1.68. The molecule has 0 saturated carbocycles. The van der Waals surface area contributed by atoms with Gasteiger partial charge in [0.05, 0.1) is 12.7 Å². The second-order valence-corrected chi connectivity index (χ2v) is 4.88. The van der Waals surface area contributed by atoms with Crippen molar-refractivity contribution in [3.63, 3.8) is 0 Å². The molecule has 0 saturated heterocycles. The first kappa shape index (κ1) is 13.6. The van der Waals surface area contributed by atoms with Crippen LogP contribution < -0.4 is 5.73 Å². The molecule has 0 aliphatic carbocycles. The van der Waals surface area contributed by atoms with Crippen LogP contribution in [-0.2, 0) is 9.47 Å². The van der Waals surface area contributed by atoms with E-state index in [0.717, 1.165) is 6.61 Å². The second-order valence-electron chi connectivity index (χ2n) is 3.90. The molecular weight excluding hydrogens is 222 g/mol. The summed E-state index contributed by atoms with van der Waals surface area (Å²) in [7, 11) is 0. The lowest BCUT2D eigenvalue weighted by atomic mass is 10.1. The molecule has 0 aromatic carbocycles. The predicted molar refractivity (Wildman–Crippen MR) is 67.7 cm³/mol. The van der Waals surface area contributed by atoms with Crippen LogP contribution in [0.15, 0.2) is 17.5 Å². The van der Waals surface area contributed by atoms with Gasteiger partial charge in [-0.25, -0.2) is 0 Å². The van der Waals surface area contributed by atoms with Crippen molar-refractivity contribution < 1.29 is 9.47 Å². The fraction of sp³-hybridized carbons (Fsp3) is 0.667. The molecule has 3 atom stereocenters. The highest BCUT2D eigenvalue weighted by Gasteiger charge is 2.20. The van der Waals surface area contributed by atoms with Gasteiger partial charge in [0.1, 0.15) is 6.10 Å². The van der Waals surface area contributed by atoms with Gasteiger partial charge in [-0.05, 0) is 32.2 Å². The number of nitrogens with two attached hydrogens (primary N) is 1. The average Bonchev–Trinajstić information content (AvgIpc) is 2.75. The Morgan fingerprint density at radius 1 is 1.44 bits per heavy atom. The highest BCUT2D eigenvalue weighted by molar-refractivity contribution is 7.10. The Morgan fingerprint density at radius 3 is 2.69 bits per heavy atom. The summed E-state index contributed by atoms with van der Waals surface area (Å²) in [5, 5.41) is 2.04. The van der Waals surface area contributed by atoms with Gasteiger partial charge in [-0.1, -0.05) is 6.07 Å². The first-order valence-corrected chi connectivity index (χ1v) is 6.55. The summed E-state index contributed by atoms with van der Waals surface area (Å²) in [6.07, 6.45) is 0.0357. The zero-order valence-electron chi connectivity index (χ0n) is 10.2. The van der Waals surface area contributed by atoms with Crippen LogP contribution in [0.4, 0.5) is 0 Å². The Balaban J connectivity index is 2.52. The van der Waals surface area contributed by atoms with Crippen molar-refractivity contribution in [1.82, 2.24) is 0 Å². The Kier molecular flexibility index (Phi) is 5.98. The molecule has 0 spiro atoms. The van der Waals surface area contributed by atoms with Gasteiger partial charge >= 0.3 is 0 Å². The maximum atomic E-state index is 5.95. The summed E-state index contributed by atoms with van der Waals surface area (Å²) < 4.78 is 11.2. The Hall–Kier alpha value is -0.420. The van der Waals surface area contributed by atoms with Crippen molar-refractivity contribution in [1.29, 1.82) is 0 Å². The van der Waals surface area contributed by atoms with E-state index in [0.29, 0.717) is 6.61 Å². The molecule has 16 heavy (non-hydrogen) atoms. The molecule has 4 heteroatoms. The zero-order valence-corrected chi connectivity index (χ0v) is 11.0. The fourth-order valence-electron chi connectivity index (χ4n) is 1.48. The molecule has 0 bridgehead atoms. The number of rotatable bonds is 7. The van der Waals surface area contributed by atoms with E-state index in [9.17, 15) is 0 Å². The van der Waals surface area contributed by atoms with Gasteiger partial charge in [-0.3, -0.25) is 0 Å². The summed E-state index contributed by atoms with van der Waals surface area (Å²) in [5.74, 6) is 0. The minimum absolute atomic E-state index is 0.0114. The normalized spacial score (nSPS) is 17.0. The lowest BCUT2D eigenvalue weighted by molar-refractivity contribution is -0.0536. The third-order valence-electron chi connectivity index (χ3n) is 2.24. The van der Waals surface area contributed by atoms with Crippen LogP contribution in [0.25, 0.3) is 0 Å². The maximum Gasteiger partial charge on any atom is 0.107 e. The zero-order chi connectivity index (χ0) is 12.0. The van der Waals surface area contributed by atoms with Crippen LogP contribution in [0.3, 0.4) is 0 Å². The SMILES string of the molecule is CCOCC(C)OC(c1cccs1)C(C)N. The van der Waals surface area contributed by atoms with Crippen molar-refractivity contribution in [2.24, 2.45) is 5.73 Å². The van der Waals surface area contributed by atoms with E-state index >= 15 is 0 Å². The molecule has 3 unspecified atom stereocenters. The predicted octanol–water partition coefficient (Wildman–Crippen LogP) is 2.58. The molecular formula is C12H21NO2S. The quantitative estimate of drug-likeness (QED) is 0.800. The molecule has 2 N–H and O–H groups in total. The highest BCUT2D eigenvalue weighted by Crippen LogP contribution is 2.26. The largest absolute Gasteiger partial charge is 0.379 e. The van der Waals surface area contributed by atoms with Crippen molar-refractivity contribution >= 4 is 11.3 Å². The van der Waals surface area contributed by atoms with Crippen molar-refractivity contribution in [3.8, 4) is 0 Å². The molecule has 1 aromatic heterocycles. The van der Waals surface area contributed by atoms with Gasteiger partial charge in [-0.15, -0.1) is 11.3 Å². The molecule has 1 heterocycles. The van der Waals surface area contributed by atoms with Crippen LogP contribution in [0.2, 0.25) is 0 Å². The molecule has 3 nitrogen and oxygen atoms in total. The first-order chi connectivity index (χ1) is 7.65.